The van der Waals surface area contributed by atoms with Gasteiger partial charge in [-0.15, -0.1) is 0 Å². The normalized spacial score (nSPS) is 19.9. The third-order valence-electron chi connectivity index (χ3n) is 5.26. The number of esters is 1. The monoisotopic (exact) mass is 377 g/mol. The Bertz CT molecular complexity index is 815. The zero-order valence-corrected chi connectivity index (χ0v) is 15.3. The Morgan fingerprint density at radius 3 is 2.44 bits per heavy atom. The van der Waals surface area contributed by atoms with Crippen LogP contribution >= 0.6 is 0 Å². The van der Waals surface area contributed by atoms with Crippen molar-refractivity contribution in [3.05, 3.63) is 59.2 Å². The van der Waals surface area contributed by atoms with Crippen molar-refractivity contribution in [2.45, 2.75) is 25.4 Å². The predicted molar refractivity (Wildman–Crippen MR) is 97.6 cm³/mol. The number of ether oxygens (including phenoxy) is 1. The second-order valence-corrected chi connectivity index (χ2v) is 6.80. The number of benzene rings is 2. The van der Waals surface area contributed by atoms with Gasteiger partial charge in [0.2, 0.25) is 0 Å². The minimum Gasteiger partial charge on any atom is -0.465 e. The summed E-state index contributed by atoms with van der Waals surface area (Å²) >= 11 is 0. The van der Waals surface area contributed by atoms with E-state index in [1.54, 1.807) is 30.3 Å². The molecule has 1 aliphatic heterocycles. The third-order valence-corrected chi connectivity index (χ3v) is 5.26. The molecule has 0 saturated carbocycles. The van der Waals surface area contributed by atoms with Crippen molar-refractivity contribution in [2.24, 2.45) is 5.92 Å². The molecule has 0 aliphatic carbocycles. The minimum atomic E-state index is -4.41. The van der Waals surface area contributed by atoms with E-state index >= 15 is 0 Å². The first-order chi connectivity index (χ1) is 12.8. The smallest absolute Gasteiger partial charge is 0.416 e. The van der Waals surface area contributed by atoms with Gasteiger partial charge in [-0.05, 0) is 53.4 Å². The summed E-state index contributed by atoms with van der Waals surface area (Å²) in [5.41, 5.74) is 1.82. The first-order valence-electron chi connectivity index (χ1n) is 8.95. The van der Waals surface area contributed by atoms with E-state index in [1.807, 2.05) is 0 Å². The van der Waals surface area contributed by atoms with Crippen molar-refractivity contribution in [1.29, 1.82) is 0 Å². The van der Waals surface area contributed by atoms with Gasteiger partial charge in [0.1, 0.15) is 0 Å². The Balaban J connectivity index is 2.08. The highest BCUT2D eigenvalue weighted by molar-refractivity contribution is 5.90. The van der Waals surface area contributed by atoms with Crippen LogP contribution in [0.1, 0.15) is 40.7 Å². The predicted octanol–water partition coefficient (Wildman–Crippen LogP) is 4.87. The zero-order chi connectivity index (χ0) is 19.6. The number of methoxy groups -OCH3 is 1. The lowest BCUT2D eigenvalue weighted by molar-refractivity contribution is -0.137. The van der Waals surface area contributed by atoms with Gasteiger partial charge in [-0.1, -0.05) is 31.5 Å². The highest BCUT2D eigenvalue weighted by Crippen LogP contribution is 2.40. The molecule has 1 heterocycles. The topological polar surface area (TPSA) is 38.3 Å². The molecule has 0 bridgehead atoms. The molecule has 0 spiro atoms. The van der Waals surface area contributed by atoms with Gasteiger partial charge in [0.25, 0.3) is 0 Å². The van der Waals surface area contributed by atoms with Crippen molar-refractivity contribution in [1.82, 2.24) is 5.32 Å². The van der Waals surface area contributed by atoms with Crippen LogP contribution in [0.4, 0.5) is 13.2 Å². The van der Waals surface area contributed by atoms with Gasteiger partial charge >= 0.3 is 12.1 Å². The number of carbonyl (C=O) groups excluding carboxylic acids is 1. The van der Waals surface area contributed by atoms with E-state index in [1.165, 1.54) is 13.2 Å². The Hall–Kier alpha value is -2.34. The summed E-state index contributed by atoms with van der Waals surface area (Å²) in [6.45, 7) is 3.71. The van der Waals surface area contributed by atoms with Crippen LogP contribution in [0.25, 0.3) is 11.1 Å². The SMILES string of the molecule is CC[C@H]1CNC[C@@H]1c1ccc(C(F)(F)F)cc1-c1ccc(C(=O)OC)cc1. The number of halogens is 3. The van der Waals surface area contributed by atoms with Crippen LogP contribution in [0.2, 0.25) is 0 Å². The van der Waals surface area contributed by atoms with Gasteiger partial charge in [0, 0.05) is 12.5 Å². The molecule has 1 saturated heterocycles. The van der Waals surface area contributed by atoms with E-state index in [-0.39, 0.29) is 5.92 Å². The second kappa shape index (κ2) is 7.72. The van der Waals surface area contributed by atoms with Crippen LogP contribution in [-0.4, -0.2) is 26.2 Å². The van der Waals surface area contributed by atoms with E-state index in [9.17, 15) is 18.0 Å². The summed E-state index contributed by atoms with van der Waals surface area (Å²) in [6.07, 6.45) is -3.45. The van der Waals surface area contributed by atoms with E-state index in [0.29, 0.717) is 22.6 Å². The number of rotatable bonds is 4. The molecule has 1 fully saturated rings. The summed E-state index contributed by atoms with van der Waals surface area (Å²) < 4.78 is 44.5. The molecule has 2 aromatic carbocycles. The molecule has 1 N–H and O–H groups in total. The van der Waals surface area contributed by atoms with Gasteiger partial charge in [0.15, 0.2) is 0 Å². The molecule has 144 valence electrons. The van der Waals surface area contributed by atoms with E-state index in [4.69, 9.17) is 0 Å². The lowest BCUT2D eigenvalue weighted by Gasteiger charge is -2.22. The Kier molecular flexibility index (Phi) is 5.56. The average Bonchev–Trinajstić information content (AvgIpc) is 3.15. The molecule has 6 heteroatoms. The van der Waals surface area contributed by atoms with E-state index in [2.05, 4.69) is 17.0 Å². The number of nitrogens with one attached hydrogen (secondary N) is 1. The molecule has 0 aromatic heterocycles. The Labute approximate surface area is 156 Å². The molecule has 0 radical (unpaired) electrons. The van der Waals surface area contributed by atoms with Gasteiger partial charge in [-0.3, -0.25) is 0 Å². The van der Waals surface area contributed by atoms with Gasteiger partial charge in [0.05, 0.1) is 18.2 Å². The highest BCUT2D eigenvalue weighted by Gasteiger charge is 2.34. The molecule has 3 rings (SSSR count). The van der Waals surface area contributed by atoms with Crippen LogP contribution in [0.15, 0.2) is 42.5 Å². The minimum absolute atomic E-state index is 0.160. The molecule has 27 heavy (non-hydrogen) atoms. The first-order valence-corrected chi connectivity index (χ1v) is 8.95. The Morgan fingerprint density at radius 2 is 1.85 bits per heavy atom. The van der Waals surface area contributed by atoms with Crippen LogP contribution in [0.3, 0.4) is 0 Å². The maximum atomic E-state index is 13.3. The largest absolute Gasteiger partial charge is 0.465 e. The van der Waals surface area contributed by atoms with Crippen molar-refractivity contribution in [2.75, 3.05) is 20.2 Å². The van der Waals surface area contributed by atoms with Crippen LogP contribution < -0.4 is 5.32 Å². The molecule has 0 amide bonds. The highest BCUT2D eigenvalue weighted by atomic mass is 19.4. The van der Waals surface area contributed by atoms with E-state index in [0.717, 1.165) is 31.1 Å². The molecule has 1 aliphatic rings. The molecule has 2 aromatic rings. The average molecular weight is 377 g/mol. The van der Waals surface area contributed by atoms with Crippen molar-refractivity contribution < 1.29 is 22.7 Å². The summed E-state index contributed by atoms with van der Waals surface area (Å²) in [6, 6.07) is 10.5. The van der Waals surface area contributed by atoms with Gasteiger partial charge in [-0.25, -0.2) is 4.79 Å². The number of alkyl halides is 3. The quantitative estimate of drug-likeness (QED) is 0.773. The fourth-order valence-electron chi connectivity index (χ4n) is 3.74. The number of hydrogen-bond acceptors (Lipinski definition) is 3. The zero-order valence-electron chi connectivity index (χ0n) is 15.3. The summed E-state index contributed by atoms with van der Waals surface area (Å²) in [5.74, 6) is 0.0688. The summed E-state index contributed by atoms with van der Waals surface area (Å²) in [4.78, 5) is 11.6. The van der Waals surface area contributed by atoms with E-state index < -0.39 is 17.7 Å². The maximum Gasteiger partial charge on any atom is 0.416 e. The molecular weight excluding hydrogens is 355 g/mol. The molecule has 3 nitrogen and oxygen atoms in total. The fourth-order valence-corrected chi connectivity index (χ4v) is 3.74. The lowest BCUT2D eigenvalue weighted by atomic mass is 9.82. The van der Waals surface area contributed by atoms with Crippen molar-refractivity contribution in [3.63, 3.8) is 0 Å². The molecule has 2 atom stereocenters. The summed E-state index contributed by atoms with van der Waals surface area (Å²) in [5, 5.41) is 3.34. The maximum absolute atomic E-state index is 13.3. The van der Waals surface area contributed by atoms with Crippen LogP contribution in [0, 0.1) is 5.92 Å². The standard InChI is InChI=1S/C21H22F3NO2/c1-3-13-11-25-12-19(13)17-9-8-16(21(22,23)24)10-18(17)14-4-6-15(7-5-14)20(26)27-2/h4-10,13,19,25H,3,11-12H2,1-2H3/t13-,19-/m0/s1. The van der Waals surface area contributed by atoms with Crippen molar-refractivity contribution in [3.8, 4) is 11.1 Å². The second-order valence-electron chi connectivity index (χ2n) is 6.80. The number of carbonyl (C=O) groups is 1. The van der Waals surface area contributed by atoms with Crippen LogP contribution in [-0.2, 0) is 10.9 Å². The van der Waals surface area contributed by atoms with Crippen molar-refractivity contribution >= 4 is 5.97 Å². The fraction of sp³-hybridized carbons (Fsp3) is 0.381. The number of hydrogen-bond donors (Lipinski definition) is 1. The molecular formula is C21H22F3NO2. The summed E-state index contributed by atoms with van der Waals surface area (Å²) in [7, 11) is 1.29. The lowest BCUT2D eigenvalue weighted by Crippen LogP contribution is -2.13. The third kappa shape index (κ3) is 4.00. The first kappa shape index (κ1) is 19.4. The van der Waals surface area contributed by atoms with Gasteiger partial charge in [-0.2, -0.15) is 13.2 Å². The van der Waals surface area contributed by atoms with Crippen LogP contribution in [0.5, 0.6) is 0 Å². The molecule has 0 unspecified atom stereocenters. The Morgan fingerprint density at radius 1 is 1.15 bits per heavy atom. The van der Waals surface area contributed by atoms with Gasteiger partial charge < -0.3 is 10.1 Å².